The summed E-state index contributed by atoms with van der Waals surface area (Å²) >= 11 is 12.7. The molecule has 144 valence electrons. The number of benzene rings is 1. The molecule has 0 amide bonds. The summed E-state index contributed by atoms with van der Waals surface area (Å²) in [6, 6.07) is 5.34. The second-order valence-electron chi connectivity index (χ2n) is 7.02. The van der Waals surface area contributed by atoms with E-state index in [1.807, 2.05) is 13.0 Å². The van der Waals surface area contributed by atoms with Crippen molar-refractivity contribution in [2.75, 3.05) is 6.61 Å². The molecule has 4 atom stereocenters. The van der Waals surface area contributed by atoms with E-state index in [9.17, 15) is 9.59 Å². The third-order valence-electron chi connectivity index (χ3n) is 5.36. The summed E-state index contributed by atoms with van der Waals surface area (Å²) in [6.45, 7) is 9.68. The number of carbonyl (C=O) groups excluding carboxylic acids is 2. The van der Waals surface area contributed by atoms with Crippen LogP contribution in [0.1, 0.15) is 38.9 Å². The van der Waals surface area contributed by atoms with E-state index >= 15 is 0 Å². The minimum absolute atomic E-state index is 0.00462. The number of esters is 1. The third-order valence-corrected chi connectivity index (χ3v) is 6.20. The molecule has 0 bridgehead atoms. The van der Waals surface area contributed by atoms with Crippen molar-refractivity contribution in [3.8, 4) is 0 Å². The second-order valence-corrected chi connectivity index (χ2v) is 7.80. The molecule has 0 N–H and O–H groups in total. The molecule has 6 heteroatoms. The number of hydrogen-bond acceptors (Lipinski definition) is 4. The van der Waals surface area contributed by atoms with Gasteiger partial charge >= 0.3 is 5.97 Å². The van der Waals surface area contributed by atoms with Crippen molar-refractivity contribution >= 4 is 35.0 Å². The van der Waals surface area contributed by atoms with Crippen molar-refractivity contribution in [2.24, 2.45) is 11.8 Å². The van der Waals surface area contributed by atoms with E-state index in [1.54, 1.807) is 26.0 Å². The maximum atomic E-state index is 12.6. The first-order chi connectivity index (χ1) is 12.8. The fourth-order valence-electron chi connectivity index (χ4n) is 4.05. The van der Waals surface area contributed by atoms with E-state index in [0.29, 0.717) is 33.2 Å². The van der Waals surface area contributed by atoms with Crippen molar-refractivity contribution in [1.82, 2.24) is 0 Å². The maximum absolute atomic E-state index is 12.6. The standard InChI is InChI=1S/C21H22Cl2O4/c1-5-26-21(25)20-16-11(4)15(24)9-13(10(2)3)17(16)19(27-20)12-7-6-8-14(22)18(12)23/h6-8,13,17,19-20H,2,5,9H2,1,3-4H3/t13-,17-,19+,20+/m1/s1. The molecule has 1 aliphatic heterocycles. The lowest BCUT2D eigenvalue weighted by molar-refractivity contribution is -0.154. The van der Waals surface area contributed by atoms with Gasteiger partial charge in [0.2, 0.25) is 0 Å². The van der Waals surface area contributed by atoms with Gasteiger partial charge in [0.05, 0.1) is 22.8 Å². The highest BCUT2D eigenvalue weighted by molar-refractivity contribution is 6.42. The SMILES string of the molecule is C=C(C)[C@H]1CC(=O)C(C)=C2[C@@H](C(=O)OCC)O[C@@H](c3cccc(Cl)c3Cl)[C@@H]21. The first-order valence-electron chi connectivity index (χ1n) is 8.93. The Morgan fingerprint density at radius 1 is 1.37 bits per heavy atom. The lowest BCUT2D eigenvalue weighted by Gasteiger charge is -2.33. The summed E-state index contributed by atoms with van der Waals surface area (Å²) in [5, 5.41) is 0.807. The van der Waals surface area contributed by atoms with Gasteiger partial charge in [-0.1, -0.05) is 47.5 Å². The minimum atomic E-state index is -0.930. The molecule has 0 spiro atoms. The Hall–Kier alpha value is -1.62. The number of fused-ring (bicyclic) bond motifs is 1. The molecule has 0 radical (unpaired) electrons. The Bertz CT molecular complexity index is 843. The van der Waals surface area contributed by atoms with Crippen LogP contribution >= 0.6 is 23.2 Å². The zero-order chi connectivity index (χ0) is 19.9. The van der Waals surface area contributed by atoms with Crippen LogP contribution in [-0.2, 0) is 19.1 Å². The van der Waals surface area contributed by atoms with Gasteiger partial charge in [-0.05, 0) is 43.9 Å². The lowest BCUT2D eigenvalue weighted by atomic mass is 9.69. The summed E-state index contributed by atoms with van der Waals surface area (Å²) in [5.41, 5.74) is 2.82. The number of hydrogen-bond donors (Lipinski definition) is 0. The predicted octanol–water partition coefficient (Wildman–Crippen LogP) is 5.09. The van der Waals surface area contributed by atoms with Gasteiger partial charge in [-0.15, -0.1) is 0 Å². The number of ether oxygens (including phenoxy) is 2. The molecule has 1 aliphatic carbocycles. The van der Waals surface area contributed by atoms with Gasteiger partial charge in [-0.25, -0.2) is 4.79 Å². The van der Waals surface area contributed by atoms with E-state index in [0.717, 1.165) is 5.57 Å². The predicted molar refractivity (Wildman–Crippen MR) is 105 cm³/mol. The number of Topliss-reactive ketones (excluding diaryl/α,β-unsaturated/α-hetero) is 1. The van der Waals surface area contributed by atoms with Crippen LogP contribution in [0.15, 0.2) is 41.5 Å². The Balaban J connectivity index is 2.17. The van der Waals surface area contributed by atoms with Gasteiger partial charge in [0.15, 0.2) is 11.9 Å². The molecule has 1 heterocycles. The largest absolute Gasteiger partial charge is 0.464 e. The Labute approximate surface area is 169 Å². The molecule has 3 rings (SSSR count). The summed E-state index contributed by atoms with van der Waals surface area (Å²) < 4.78 is 11.4. The minimum Gasteiger partial charge on any atom is -0.464 e. The highest BCUT2D eigenvalue weighted by Gasteiger charge is 2.52. The molecule has 27 heavy (non-hydrogen) atoms. The molecule has 0 aromatic heterocycles. The molecular weight excluding hydrogens is 387 g/mol. The van der Waals surface area contributed by atoms with Crippen LogP contribution in [0.2, 0.25) is 10.0 Å². The van der Waals surface area contributed by atoms with Crippen LogP contribution in [0.4, 0.5) is 0 Å². The normalized spacial score (nSPS) is 27.5. The molecule has 1 aromatic carbocycles. The first kappa shape index (κ1) is 20.1. The lowest BCUT2D eigenvalue weighted by Crippen LogP contribution is -2.33. The van der Waals surface area contributed by atoms with Crippen LogP contribution in [0, 0.1) is 11.8 Å². The van der Waals surface area contributed by atoms with Gasteiger partial charge < -0.3 is 9.47 Å². The summed E-state index contributed by atoms with van der Waals surface area (Å²) in [4.78, 5) is 25.2. The zero-order valence-electron chi connectivity index (χ0n) is 15.6. The average Bonchev–Trinajstić information content (AvgIpc) is 3.01. The molecule has 0 saturated carbocycles. The van der Waals surface area contributed by atoms with E-state index in [2.05, 4.69) is 6.58 Å². The highest BCUT2D eigenvalue weighted by atomic mass is 35.5. The van der Waals surface area contributed by atoms with Crippen molar-refractivity contribution in [1.29, 1.82) is 0 Å². The van der Waals surface area contributed by atoms with E-state index in [4.69, 9.17) is 32.7 Å². The van der Waals surface area contributed by atoms with Crippen LogP contribution in [0.3, 0.4) is 0 Å². The van der Waals surface area contributed by atoms with Crippen molar-refractivity contribution in [2.45, 2.75) is 39.4 Å². The fourth-order valence-corrected chi connectivity index (χ4v) is 4.46. The Kier molecular flexibility index (Phi) is 5.80. The van der Waals surface area contributed by atoms with Gasteiger partial charge in [-0.2, -0.15) is 0 Å². The average molecular weight is 409 g/mol. The summed E-state index contributed by atoms with van der Waals surface area (Å²) in [7, 11) is 0. The fraction of sp³-hybridized carbons (Fsp3) is 0.429. The van der Waals surface area contributed by atoms with Gasteiger partial charge in [0.1, 0.15) is 0 Å². The molecule has 0 unspecified atom stereocenters. The zero-order valence-corrected chi connectivity index (χ0v) is 17.1. The highest BCUT2D eigenvalue weighted by Crippen LogP contribution is 2.54. The third kappa shape index (κ3) is 3.46. The van der Waals surface area contributed by atoms with Crippen LogP contribution < -0.4 is 0 Å². The topological polar surface area (TPSA) is 52.6 Å². The molecular formula is C21H22Cl2O4. The maximum Gasteiger partial charge on any atom is 0.339 e. The molecule has 1 saturated heterocycles. The van der Waals surface area contributed by atoms with Crippen LogP contribution in [0.5, 0.6) is 0 Å². The summed E-state index contributed by atoms with van der Waals surface area (Å²) in [6.07, 6.45) is -1.10. The van der Waals surface area contributed by atoms with Gasteiger partial charge in [-0.3, -0.25) is 4.79 Å². The van der Waals surface area contributed by atoms with Crippen molar-refractivity contribution in [3.05, 3.63) is 57.1 Å². The Morgan fingerprint density at radius 3 is 2.70 bits per heavy atom. The van der Waals surface area contributed by atoms with Crippen molar-refractivity contribution < 1.29 is 19.1 Å². The monoisotopic (exact) mass is 408 g/mol. The van der Waals surface area contributed by atoms with E-state index in [1.165, 1.54) is 0 Å². The first-order valence-corrected chi connectivity index (χ1v) is 9.68. The van der Waals surface area contributed by atoms with Crippen LogP contribution in [-0.4, -0.2) is 24.5 Å². The number of carbonyl (C=O) groups is 2. The molecule has 1 aromatic rings. The Morgan fingerprint density at radius 2 is 2.07 bits per heavy atom. The smallest absolute Gasteiger partial charge is 0.339 e. The van der Waals surface area contributed by atoms with E-state index < -0.39 is 18.2 Å². The molecule has 4 nitrogen and oxygen atoms in total. The number of rotatable bonds is 4. The summed E-state index contributed by atoms with van der Waals surface area (Å²) in [5.74, 6) is -0.848. The van der Waals surface area contributed by atoms with Gasteiger partial charge in [0, 0.05) is 17.9 Å². The number of allylic oxidation sites excluding steroid dienone is 2. The number of halogens is 2. The van der Waals surface area contributed by atoms with Crippen LogP contribution in [0.25, 0.3) is 0 Å². The van der Waals surface area contributed by atoms with Gasteiger partial charge in [0.25, 0.3) is 0 Å². The molecule has 1 fully saturated rings. The van der Waals surface area contributed by atoms with Crippen molar-refractivity contribution in [3.63, 3.8) is 0 Å². The quantitative estimate of drug-likeness (QED) is 0.513. The molecule has 2 aliphatic rings. The van der Waals surface area contributed by atoms with E-state index in [-0.39, 0.29) is 24.2 Å². The second kappa shape index (κ2) is 7.78. The number of ketones is 1.